The molecule has 0 aromatic carbocycles. The van der Waals surface area contributed by atoms with Crippen molar-refractivity contribution in [3.8, 4) is 0 Å². The second kappa shape index (κ2) is 5.17. The van der Waals surface area contributed by atoms with Gasteiger partial charge in [-0.3, -0.25) is 0 Å². The molecule has 1 aromatic heterocycles. The Balaban J connectivity index is 1.57. The predicted molar refractivity (Wildman–Crippen MR) is 66.6 cm³/mol. The molecule has 1 aromatic rings. The lowest BCUT2D eigenvalue weighted by Gasteiger charge is -2.13. The molecule has 0 radical (unpaired) electrons. The fraction of sp³-hybridized carbons (Fsp3) is 0.846. The van der Waals surface area contributed by atoms with Crippen molar-refractivity contribution in [3.05, 3.63) is 12.2 Å². The lowest BCUT2D eigenvalue weighted by Crippen LogP contribution is -2.17. The first-order chi connectivity index (χ1) is 8.42. The average Bonchev–Trinajstić information content (AvgIpc) is 3.12. The first-order valence-corrected chi connectivity index (χ1v) is 7.05. The van der Waals surface area contributed by atoms with Crippen molar-refractivity contribution in [3.63, 3.8) is 0 Å². The molecule has 1 heterocycles. The highest BCUT2D eigenvalue weighted by Gasteiger charge is 2.21. The minimum atomic E-state index is 0.597. The van der Waals surface area contributed by atoms with Gasteiger partial charge < -0.3 is 5.32 Å². The Labute approximate surface area is 103 Å². The van der Waals surface area contributed by atoms with Crippen LogP contribution < -0.4 is 5.32 Å². The molecule has 2 aliphatic carbocycles. The van der Waals surface area contributed by atoms with Crippen LogP contribution in [-0.2, 0) is 6.54 Å². The molecule has 4 heteroatoms. The molecular formula is C13H22N4. The molecule has 3 rings (SSSR count). The van der Waals surface area contributed by atoms with Crippen LogP contribution >= 0.6 is 0 Å². The zero-order chi connectivity index (χ0) is 11.5. The SMILES string of the molecule is c1nc(CNC2CC2)nn1C1CCCCCC1. The predicted octanol–water partition coefficient (Wildman–Crippen LogP) is 2.43. The van der Waals surface area contributed by atoms with Gasteiger partial charge in [0, 0.05) is 6.04 Å². The molecule has 0 saturated heterocycles. The van der Waals surface area contributed by atoms with E-state index >= 15 is 0 Å². The minimum absolute atomic E-state index is 0.597. The van der Waals surface area contributed by atoms with Gasteiger partial charge in [0.15, 0.2) is 5.82 Å². The summed E-state index contributed by atoms with van der Waals surface area (Å²) in [6, 6.07) is 1.33. The molecule has 0 atom stereocenters. The molecule has 0 spiro atoms. The Morgan fingerprint density at radius 1 is 1.12 bits per heavy atom. The largest absolute Gasteiger partial charge is 0.307 e. The van der Waals surface area contributed by atoms with Crippen LogP contribution in [0.1, 0.15) is 63.2 Å². The Bertz CT molecular complexity index is 348. The van der Waals surface area contributed by atoms with Crippen LogP contribution in [0.25, 0.3) is 0 Å². The Kier molecular flexibility index (Phi) is 3.41. The van der Waals surface area contributed by atoms with Crippen molar-refractivity contribution in [2.24, 2.45) is 0 Å². The summed E-state index contributed by atoms with van der Waals surface area (Å²) in [5.41, 5.74) is 0. The van der Waals surface area contributed by atoms with E-state index in [0.717, 1.165) is 18.4 Å². The van der Waals surface area contributed by atoms with Crippen LogP contribution in [-0.4, -0.2) is 20.8 Å². The summed E-state index contributed by atoms with van der Waals surface area (Å²) in [6.07, 6.45) is 12.6. The van der Waals surface area contributed by atoms with Gasteiger partial charge in [-0.25, -0.2) is 9.67 Å². The van der Waals surface area contributed by atoms with E-state index in [-0.39, 0.29) is 0 Å². The topological polar surface area (TPSA) is 42.7 Å². The van der Waals surface area contributed by atoms with Crippen molar-refractivity contribution in [1.29, 1.82) is 0 Å². The maximum absolute atomic E-state index is 4.62. The summed E-state index contributed by atoms with van der Waals surface area (Å²) >= 11 is 0. The summed E-state index contributed by atoms with van der Waals surface area (Å²) in [5, 5.41) is 8.08. The zero-order valence-electron chi connectivity index (χ0n) is 10.4. The van der Waals surface area contributed by atoms with Gasteiger partial charge in [0.05, 0.1) is 12.6 Å². The van der Waals surface area contributed by atoms with Crippen LogP contribution in [0.3, 0.4) is 0 Å². The lowest BCUT2D eigenvalue weighted by molar-refractivity contribution is 0.401. The van der Waals surface area contributed by atoms with Gasteiger partial charge in [-0.15, -0.1) is 0 Å². The maximum atomic E-state index is 4.62. The van der Waals surface area contributed by atoms with Gasteiger partial charge in [-0.05, 0) is 25.7 Å². The summed E-state index contributed by atoms with van der Waals surface area (Å²) in [4.78, 5) is 4.41. The Morgan fingerprint density at radius 3 is 2.59 bits per heavy atom. The van der Waals surface area contributed by atoms with E-state index in [1.807, 2.05) is 6.33 Å². The fourth-order valence-electron chi connectivity index (χ4n) is 2.61. The number of nitrogens with one attached hydrogen (secondary N) is 1. The number of hydrogen-bond donors (Lipinski definition) is 1. The molecule has 0 aliphatic heterocycles. The van der Waals surface area contributed by atoms with Crippen molar-refractivity contribution in [2.45, 2.75) is 70.0 Å². The molecule has 17 heavy (non-hydrogen) atoms. The summed E-state index contributed by atoms with van der Waals surface area (Å²) in [6.45, 7) is 0.838. The monoisotopic (exact) mass is 234 g/mol. The van der Waals surface area contributed by atoms with Gasteiger partial charge in [0.25, 0.3) is 0 Å². The summed E-state index contributed by atoms with van der Waals surface area (Å²) < 4.78 is 2.11. The fourth-order valence-corrected chi connectivity index (χ4v) is 2.61. The lowest BCUT2D eigenvalue weighted by atomic mass is 10.1. The molecule has 2 aliphatic rings. The van der Waals surface area contributed by atoms with Gasteiger partial charge in [0.1, 0.15) is 6.33 Å². The molecule has 94 valence electrons. The molecule has 4 nitrogen and oxygen atoms in total. The van der Waals surface area contributed by atoms with Crippen LogP contribution in [0.2, 0.25) is 0 Å². The molecule has 0 amide bonds. The zero-order valence-corrected chi connectivity index (χ0v) is 10.4. The molecular weight excluding hydrogens is 212 g/mol. The second-order valence-electron chi connectivity index (χ2n) is 5.44. The number of aromatic nitrogens is 3. The van der Waals surface area contributed by atoms with E-state index < -0.39 is 0 Å². The third kappa shape index (κ3) is 3.06. The first-order valence-electron chi connectivity index (χ1n) is 7.05. The van der Waals surface area contributed by atoms with E-state index in [9.17, 15) is 0 Å². The van der Waals surface area contributed by atoms with Gasteiger partial charge in [-0.1, -0.05) is 25.7 Å². The minimum Gasteiger partial charge on any atom is -0.307 e. The highest BCUT2D eigenvalue weighted by Crippen LogP contribution is 2.26. The highest BCUT2D eigenvalue weighted by molar-refractivity contribution is 4.88. The van der Waals surface area contributed by atoms with E-state index in [1.54, 1.807) is 0 Å². The number of rotatable bonds is 4. The third-order valence-corrected chi connectivity index (χ3v) is 3.88. The van der Waals surface area contributed by atoms with Crippen molar-refractivity contribution < 1.29 is 0 Å². The molecule has 2 fully saturated rings. The molecule has 0 unspecified atom stereocenters. The second-order valence-corrected chi connectivity index (χ2v) is 5.44. The van der Waals surface area contributed by atoms with Crippen LogP contribution in [0.15, 0.2) is 6.33 Å². The van der Waals surface area contributed by atoms with Crippen LogP contribution in [0.5, 0.6) is 0 Å². The molecule has 0 bridgehead atoms. The van der Waals surface area contributed by atoms with Crippen LogP contribution in [0, 0.1) is 0 Å². The van der Waals surface area contributed by atoms with E-state index in [1.165, 1.54) is 51.4 Å². The number of nitrogens with zero attached hydrogens (tertiary/aromatic N) is 3. The standard InChI is InChI=1S/C13H22N4/c1-2-4-6-12(5-3-1)17-10-15-13(16-17)9-14-11-7-8-11/h10-12,14H,1-9H2. The Morgan fingerprint density at radius 2 is 1.88 bits per heavy atom. The number of hydrogen-bond acceptors (Lipinski definition) is 3. The average molecular weight is 234 g/mol. The van der Waals surface area contributed by atoms with Gasteiger partial charge >= 0.3 is 0 Å². The third-order valence-electron chi connectivity index (χ3n) is 3.88. The highest BCUT2D eigenvalue weighted by atomic mass is 15.3. The van der Waals surface area contributed by atoms with E-state index in [2.05, 4.69) is 20.1 Å². The van der Waals surface area contributed by atoms with Crippen molar-refractivity contribution in [1.82, 2.24) is 20.1 Å². The maximum Gasteiger partial charge on any atom is 0.164 e. The molecule has 1 N–H and O–H groups in total. The van der Waals surface area contributed by atoms with Crippen molar-refractivity contribution >= 4 is 0 Å². The van der Waals surface area contributed by atoms with Crippen molar-refractivity contribution in [2.75, 3.05) is 0 Å². The van der Waals surface area contributed by atoms with Crippen LogP contribution in [0.4, 0.5) is 0 Å². The molecule has 2 saturated carbocycles. The first kappa shape index (κ1) is 11.2. The smallest absolute Gasteiger partial charge is 0.164 e. The van der Waals surface area contributed by atoms with Gasteiger partial charge in [0.2, 0.25) is 0 Å². The summed E-state index contributed by atoms with van der Waals surface area (Å²) in [5.74, 6) is 0.959. The van der Waals surface area contributed by atoms with Gasteiger partial charge in [-0.2, -0.15) is 5.10 Å². The normalized spacial score (nSPS) is 22.6. The quantitative estimate of drug-likeness (QED) is 0.814. The van der Waals surface area contributed by atoms with E-state index in [0.29, 0.717) is 6.04 Å². The summed E-state index contributed by atoms with van der Waals surface area (Å²) in [7, 11) is 0. The Hall–Kier alpha value is -0.900. The van der Waals surface area contributed by atoms with E-state index in [4.69, 9.17) is 0 Å².